The average molecular weight is 236 g/mol. The number of nitrogens with two attached hydrogens (primary N) is 1. The molecule has 0 saturated heterocycles. The topological polar surface area (TPSA) is 75.3 Å². The van der Waals surface area contributed by atoms with E-state index in [-0.39, 0.29) is 29.7 Å². The highest BCUT2D eigenvalue weighted by molar-refractivity contribution is 5.80. The van der Waals surface area contributed by atoms with E-state index >= 15 is 0 Å². The Bertz CT molecular complexity index is 374. The summed E-state index contributed by atoms with van der Waals surface area (Å²) < 4.78 is 0. The van der Waals surface area contributed by atoms with Crippen LogP contribution in [0.4, 0.5) is 0 Å². The third kappa shape index (κ3) is 3.75. The molecule has 0 bridgehead atoms. The van der Waals surface area contributed by atoms with Gasteiger partial charge in [0.05, 0.1) is 6.04 Å². The third-order valence-corrected chi connectivity index (χ3v) is 2.80. The second kappa shape index (κ2) is 5.68. The van der Waals surface area contributed by atoms with E-state index < -0.39 is 0 Å². The fraction of sp³-hybridized carbons (Fsp3) is 0.462. The minimum Gasteiger partial charge on any atom is -0.508 e. The van der Waals surface area contributed by atoms with Crippen molar-refractivity contribution >= 4 is 5.91 Å². The minimum atomic E-state index is -0.348. The van der Waals surface area contributed by atoms with Gasteiger partial charge in [-0.25, -0.2) is 0 Å². The highest BCUT2D eigenvalue weighted by Gasteiger charge is 2.21. The molecular formula is C13H20N2O2. The van der Waals surface area contributed by atoms with Crippen molar-refractivity contribution in [3.05, 3.63) is 29.8 Å². The standard InChI is InChI=1S/C13H20N2O2/c1-8(2)12(13(14)17)15-9(3)10-4-6-11(16)7-5-10/h4-9,12,15-16H,1-3H3,(H2,14,17). The summed E-state index contributed by atoms with van der Waals surface area (Å²) >= 11 is 0. The number of nitrogens with one attached hydrogen (secondary N) is 1. The Hall–Kier alpha value is -1.55. The van der Waals surface area contributed by atoms with E-state index in [0.717, 1.165) is 5.56 Å². The Morgan fingerprint density at radius 3 is 2.18 bits per heavy atom. The Labute approximate surface area is 102 Å². The molecule has 4 nitrogen and oxygen atoms in total. The van der Waals surface area contributed by atoms with Crippen molar-refractivity contribution in [3.8, 4) is 5.75 Å². The maximum atomic E-state index is 11.3. The van der Waals surface area contributed by atoms with Crippen molar-refractivity contribution in [2.24, 2.45) is 11.7 Å². The highest BCUT2D eigenvalue weighted by Crippen LogP contribution is 2.18. The molecule has 0 aliphatic carbocycles. The molecule has 94 valence electrons. The lowest BCUT2D eigenvalue weighted by Gasteiger charge is -2.24. The van der Waals surface area contributed by atoms with Gasteiger partial charge < -0.3 is 10.8 Å². The normalized spacial score (nSPS) is 14.6. The summed E-state index contributed by atoms with van der Waals surface area (Å²) in [6.45, 7) is 5.86. The Balaban J connectivity index is 2.73. The summed E-state index contributed by atoms with van der Waals surface area (Å²) in [7, 11) is 0. The van der Waals surface area contributed by atoms with Crippen molar-refractivity contribution in [3.63, 3.8) is 0 Å². The zero-order valence-corrected chi connectivity index (χ0v) is 10.5. The molecule has 17 heavy (non-hydrogen) atoms. The summed E-state index contributed by atoms with van der Waals surface area (Å²) in [5, 5.41) is 12.4. The summed E-state index contributed by atoms with van der Waals surface area (Å²) in [5.74, 6) is 0.0361. The number of phenolic OH excluding ortho intramolecular Hbond substituents is 1. The summed E-state index contributed by atoms with van der Waals surface area (Å²) in [4.78, 5) is 11.3. The largest absolute Gasteiger partial charge is 0.508 e. The molecule has 1 aromatic rings. The number of carbonyl (C=O) groups is 1. The first-order chi connectivity index (χ1) is 7.91. The maximum absolute atomic E-state index is 11.3. The van der Waals surface area contributed by atoms with Gasteiger partial charge in [0, 0.05) is 6.04 Å². The third-order valence-electron chi connectivity index (χ3n) is 2.80. The molecule has 0 aromatic heterocycles. The van der Waals surface area contributed by atoms with Crippen LogP contribution in [0.25, 0.3) is 0 Å². The van der Waals surface area contributed by atoms with Crippen LogP contribution in [0.2, 0.25) is 0 Å². The van der Waals surface area contributed by atoms with Gasteiger partial charge >= 0.3 is 0 Å². The second-order valence-corrected chi connectivity index (χ2v) is 4.60. The lowest BCUT2D eigenvalue weighted by molar-refractivity contribution is -0.121. The van der Waals surface area contributed by atoms with Gasteiger partial charge in [-0.2, -0.15) is 0 Å². The van der Waals surface area contributed by atoms with Gasteiger partial charge in [-0.05, 0) is 30.5 Å². The average Bonchev–Trinajstić information content (AvgIpc) is 2.25. The first-order valence-electron chi connectivity index (χ1n) is 5.76. The van der Waals surface area contributed by atoms with Crippen molar-refractivity contribution in [2.75, 3.05) is 0 Å². The molecule has 0 fully saturated rings. The zero-order chi connectivity index (χ0) is 13.0. The predicted octanol–water partition coefficient (Wildman–Crippen LogP) is 1.55. The van der Waals surface area contributed by atoms with Crippen LogP contribution >= 0.6 is 0 Å². The fourth-order valence-corrected chi connectivity index (χ4v) is 1.73. The van der Waals surface area contributed by atoms with E-state index in [1.54, 1.807) is 12.1 Å². The number of primary amides is 1. The van der Waals surface area contributed by atoms with Gasteiger partial charge in [0.15, 0.2) is 0 Å². The van der Waals surface area contributed by atoms with Gasteiger partial charge in [-0.15, -0.1) is 0 Å². The number of aromatic hydroxyl groups is 1. The van der Waals surface area contributed by atoms with Crippen molar-refractivity contribution in [2.45, 2.75) is 32.9 Å². The Morgan fingerprint density at radius 2 is 1.76 bits per heavy atom. The molecule has 1 aromatic carbocycles. The van der Waals surface area contributed by atoms with E-state index in [4.69, 9.17) is 5.73 Å². The van der Waals surface area contributed by atoms with Crippen molar-refractivity contribution in [1.29, 1.82) is 0 Å². The molecule has 1 rings (SSSR count). The van der Waals surface area contributed by atoms with Crippen molar-refractivity contribution in [1.82, 2.24) is 5.32 Å². The smallest absolute Gasteiger partial charge is 0.234 e. The number of carbonyl (C=O) groups excluding carboxylic acids is 1. The first kappa shape index (κ1) is 13.5. The van der Waals surface area contributed by atoms with Crippen LogP contribution in [0.3, 0.4) is 0 Å². The van der Waals surface area contributed by atoms with Crippen LogP contribution in [-0.2, 0) is 4.79 Å². The van der Waals surface area contributed by atoms with Crippen LogP contribution in [0.5, 0.6) is 5.75 Å². The molecule has 4 heteroatoms. The van der Waals surface area contributed by atoms with E-state index in [1.165, 1.54) is 0 Å². The lowest BCUT2D eigenvalue weighted by atomic mass is 10.0. The summed E-state index contributed by atoms with van der Waals surface area (Å²) in [6.07, 6.45) is 0. The van der Waals surface area contributed by atoms with Gasteiger partial charge in [-0.3, -0.25) is 10.1 Å². The van der Waals surface area contributed by atoms with E-state index in [1.807, 2.05) is 32.9 Å². The molecule has 4 N–H and O–H groups in total. The molecule has 0 radical (unpaired) electrons. The molecule has 0 heterocycles. The second-order valence-electron chi connectivity index (χ2n) is 4.60. The first-order valence-corrected chi connectivity index (χ1v) is 5.76. The van der Waals surface area contributed by atoms with E-state index in [9.17, 15) is 9.90 Å². The van der Waals surface area contributed by atoms with E-state index in [0.29, 0.717) is 0 Å². The minimum absolute atomic E-state index is 0.00972. The van der Waals surface area contributed by atoms with Crippen LogP contribution in [0, 0.1) is 5.92 Å². The molecule has 2 atom stereocenters. The quantitative estimate of drug-likeness (QED) is 0.726. The highest BCUT2D eigenvalue weighted by atomic mass is 16.3. The number of hydrogen-bond donors (Lipinski definition) is 3. The van der Waals surface area contributed by atoms with Crippen LogP contribution in [-0.4, -0.2) is 17.1 Å². The fourth-order valence-electron chi connectivity index (χ4n) is 1.73. The predicted molar refractivity (Wildman–Crippen MR) is 67.5 cm³/mol. The van der Waals surface area contributed by atoms with Gasteiger partial charge in [0.25, 0.3) is 0 Å². The van der Waals surface area contributed by atoms with Crippen LogP contribution in [0.15, 0.2) is 24.3 Å². The monoisotopic (exact) mass is 236 g/mol. The molecule has 0 aliphatic rings. The number of amides is 1. The molecule has 0 aliphatic heterocycles. The number of phenols is 1. The zero-order valence-electron chi connectivity index (χ0n) is 10.5. The van der Waals surface area contributed by atoms with Gasteiger partial charge in [0.1, 0.15) is 5.75 Å². The van der Waals surface area contributed by atoms with Crippen molar-refractivity contribution < 1.29 is 9.90 Å². The molecule has 0 saturated carbocycles. The summed E-state index contributed by atoms with van der Waals surface area (Å²) in [6, 6.07) is 6.57. The number of hydrogen-bond acceptors (Lipinski definition) is 3. The molecule has 0 spiro atoms. The SMILES string of the molecule is CC(NC(C(N)=O)C(C)C)c1ccc(O)cc1. The van der Waals surface area contributed by atoms with Gasteiger partial charge in [-0.1, -0.05) is 26.0 Å². The van der Waals surface area contributed by atoms with Crippen LogP contribution < -0.4 is 11.1 Å². The Kier molecular flexibility index (Phi) is 4.52. The van der Waals surface area contributed by atoms with Crippen LogP contribution in [0.1, 0.15) is 32.4 Å². The molecular weight excluding hydrogens is 216 g/mol. The molecule has 2 unspecified atom stereocenters. The summed E-state index contributed by atoms with van der Waals surface area (Å²) in [5.41, 5.74) is 6.36. The lowest BCUT2D eigenvalue weighted by Crippen LogP contribution is -2.45. The molecule has 1 amide bonds. The van der Waals surface area contributed by atoms with Gasteiger partial charge in [0.2, 0.25) is 5.91 Å². The number of benzene rings is 1. The number of rotatable bonds is 5. The maximum Gasteiger partial charge on any atom is 0.234 e. The Morgan fingerprint density at radius 1 is 1.24 bits per heavy atom. The van der Waals surface area contributed by atoms with E-state index in [2.05, 4.69) is 5.32 Å².